The van der Waals surface area contributed by atoms with Gasteiger partial charge in [0.15, 0.2) is 0 Å². The molecule has 5 aromatic rings. The maximum atomic E-state index is 13.1. The molecule has 2 aromatic heterocycles. The molecule has 0 spiro atoms. The quantitative estimate of drug-likeness (QED) is 0.183. The number of carbonyl (C=O) groups is 2. The lowest BCUT2D eigenvalue weighted by Gasteiger charge is -2.10. The van der Waals surface area contributed by atoms with E-state index in [0.29, 0.717) is 24.5 Å². The van der Waals surface area contributed by atoms with Gasteiger partial charge in [-0.25, -0.2) is 4.98 Å². The number of hydrogen-bond donors (Lipinski definition) is 4. The Bertz CT molecular complexity index is 1630. The van der Waals surface area contributed by atoms with E-state index in [0.717, 1.165) is 52.4 Å². The van der Waals surface area contributed by atoms with Gasteiger partial charge >= 0.3 is 0 Å². The van der Waals surface area contributed by atoms with Crippen molar-refractivity contribution in [3.8, 4) is 22.8 Å². The highest BCUT2D eigenvalue weighted by Gasteiger charge is 2.17. The maximum Gasteiger partial charge on any atom is 0.269 e. The zero-order valence-electron chi connectivity index (χ0n) is 21.7. The zero-order chi connectivity index (χ0) is 27.2. The number of aromatic hydroxyl groups is 1. The normalized spacial score (nSPS) is 11.0. The first kappa shape index (κ1) is 25.8. The minimum atomic E-state index is -0.298. The number of rotatable bonds is 10. The molecule has 0 aliphatic rings. The van der Waals surface area contributed by atoms with Gasteiger partial charge < -0.3 is 25.5 Å². The summed E-state index contributed by atoms with van der Waals surface area (Å²) in [7, 11) is 1.63. The van der Waals surface area contributed by atoms with Crippen molar-refractivity contribution in [2.45, 2.75) is 19.3 Å². The van der Waals surface area contributed by atoms with Crippen LogP contribution >= 0.6 is 0 Å². The highest BCUT2D eigenvalue weighted by molar-refractivity contribution is 6.13. The first-order valence-electron chi connectivity index (χ1n) is 13.0. The number of nitrogens with one attached hydrogen (secondary N) is 3. The summed E-state index contributed by atoms with van der Waals surface area (Å²) < 4.78 is 5.30. The van der Waals surface area contributed by atoms with Crippen LogP contribution in [0, 0.1) is 0 Å². The van der Waals surface area contributed by atoms with E-state index in [9.17, 15) is 14.7 Å². The summed E-state index contributed by atoms with van der Waals surface area (Å²) in [4.78, 5) is 33.5. The molecule has 0 fully saturated rings. The molecule has 0 radical (unpaired) electrons. The Morgan fingerprint density at radius 2 is 1.54 bits per heavy atom. The summed E-state index contributed by atoms with van der Waals surface area (Å²) in [6.07, 6.45) is 2.35. The van der Waals surface area contributed by atoms with Gasteiger partial charge in [0.1, 0.15) is 17.2 Å². The van der Waals surface area contributed by atoms with E-state index in [2.05, 4.69) is 15.6 Å². The molecule has 39 heavy (non-hydrogen) atoms. The van der Waals surface area contributed by atoms with Gasteiger partial charge in [-0.3, -0.25) is 9.59 Å². The number of fused-ring (bicyclic) bond motifs is 3. The summed E-state index contributed by atoms with van der Waals surface area (Å²) >= 11 is 0. The van der Waals surface area contributed by atoms with Crippen molar-refractivity contribution in [2.24, 2.45) is 0 Å². The van der Waals surface area contributed by atoms with Crippen molar-refractivity contribution in [1.82, 2.24) is 20.6 Å². The third-order valence-corrected chi connectivity index (χ3v) is 6.67. The molecular formula is C31H30N4O4. The van der Waals surface area contributed by atoms with Gasteiger partial charge in [0.25, 0.3) is 11.8 Å². The molecule has 198 valence electrons. The number of nitrogens with zero attached hydrogens (tertiary/aromatic N) is 1. The molecule has 5 rings (SSSR count). The minimum Gasteiger partial charge on any atom is -0.507 e. The van der Waals surface area contributed by atoms with Gasteiger partial charge in [0.05, 0.1) is 23.9 Å². The highest BCUT2D eigenvalue weighted by atomic mass is 16.5. The maximum absolute atomic E-state index is 13.1. The number of carbonyl (C=O) groups excluding carboxylic acids is 2. The number of H-pyrrole nitrogens is 1. The Labute approximate surface area is 226 Å². The number of pyridine rings is 1. The van der Waals surface area contributed by atoms with Gasteiger partial charge in [-0.1, -0.05) is 30.3 Å². The molecule has 2 heterocycles. The molecule has 3 aromatic carbocycles. The number of ether oxygens (including phenoxy) is 1. The fourth-order valence-corrected chi connectivity index (χ4v) is 4.60. The predicted octanol–water partition coefficient (Wildman–Crippen LogP) is 5.43. The average Bonchev–Trinajstić information content (AvgIpc) is 3.35. The second-order valence-corrected chi connectivity index (χ2v) is 9.27. The summed E-state index contributed by atoms with van der Waals surface area (Å²) in [5, 5.41) is 17.6. The van der Waals surface area contributed by atoms with Crippen molar-refractivity contribution >= 4 is 33.6 Å². The van der Waals surface area contributed by atoms with Crippen LogP contribution in [0.5, 0.6) is 11.5 Å². The highest BCUT2D eigenvalue weighted by Crippen LogP contribution is 2.33. The second-order valence-electron chi connectivity index (χ2n) is 9.27. The lowest BCUT2D eigenvalue weighted by atomic mass is 10.1. The van der Waals surface area contributed by atoms with Crippen LogP contribution in [-0.4, -0.2) is 47.1 Å². The lowest BCUT2D eigenvalue weighted by Crippen LogP contribution is -2.26. The Kier molecular flexibility index (Phi) is 7.73. The van der Waals surface area contributed by atoms with Crippen LogP contribution < -0.4 is 15.4 Å². The third kappa shape index (κ3) is 5.70. The largest absolute Gasteiger partial charge is 0.507 e. The van der Waals surface area contributed by atoms with E-state index < -0.39 is 0 Å². The SMILES string of the molecule is COc1ccc(-c2nc(C(=O)NCCCCCNC(=O)c3ccccc3O)cc3c2[nH]c2ccccc23)cc1. The Hall–Kier alpha value is -4.85. The number of unbranched alkanes of at least 4 members (excludes halogenated alkanes) is 2. The van der Waals surface area contributed by atoms with Gasteiger partial charge in [-0.15, -0.1) is 0 Å². The molecule has 2 amide bonds. The van der Waals surface area contributed by atoms with Gasteiger partial charge in [0.2, 0.25) is 0 Å². The van der Waals surface area contributed by atoms with Gasteiger partial charge in [-0.05, 0) is 67.8 Å². The molecule has 0 atom stereocenters. The van der Waals surface area contributed by atoms with Crippen LogP contribution in [0.4, 0.5) is 0 Å². The molecule has 8 nitrogen and oxygen atoms in total. The van der Waals surface area contributed by atoms with E-state index in [4.69, 9.17) is 9.72 Å². The topological polar surface area (TPSA) is 116 Å². The van der Waals surface area contributed by atoms with E-state index in [-0.39, 0.29) is 23.1 Å². The third-order valence-electron chi connectivity index (χ3n) is 6.67. The number of methoxy groups -OCH3 is 1. The van der Waals surface area contributed by atoms with Crippen LogP contribution in [0.1, 0.15) is 40.1 Å². The number of hydrogen-bond acceptors (Lipinski definition) is 5. The summed E-state index contributed by atoms with van der Waals surface area (Å²) in [6.45, 7) is 0.989. The fraction of sp³-hybridized carbons (Fsp3) is 0.194. The number of para-hydroxylation sites is 2. The lowest BCUT2D eigenvalue weighted by molar-refractivity contribution is 0.0943. The standard InChI is InChI=1S/C31H30N4O4/c1-39-21-15-13-20(14-16-21)28-29-24(22-9-3-5-11-25(22)34-29)19-26(35-28)31(38)33-18-8-2-7-17-32-30(37)23-10-4-6-12-27(23)36/h3-6,9-16,19,34,36H,2,7-8,17-18H2,1H3,(H,32,37)(H,33,38). The smallest absolute Gasteiger partial charge is 0.269 e. The zero-order valence-corrected chi connectivity index (χ0v) is 21.7. The van der Waals surface area contributed by atoms with Crippen molar-refractivity contribution in [2.75, 3.05) is 20.2 Å². The molecular weight excluding hydrogens is 492 g/mol. The Morgan fingerprint density at radius 1 is 0.846 bits per heavy atom. The number of aromatic amines is 1. The Morgan fingerprint density at radius 3 is 2.28 bits per heavy atom. The van der Waals surface area contributed by atoms with Crippen molar-refractivity contribution in [3.05, 3.63) is 90.1 Å². The molecule has 0 saturated carbocycles. The van der Waals surface area contributed by atoms with Crippen molar-refractivity contribution in [3.63, 3.8) is 0 Å². The summed E-state index contributed by atoms with van der Waals surface area (Å²) in [5.41, 5.74) is 4.07. The van der Waals surface area contributed by atoms with Crippen LogP contribution in [0.15, 0.2) is 78.9 Å². The van der Waals surface area contributed by atoms with Crippen molar-refractivity contribution < 1.29 is 19.4 Å². The number of amides is 2. The van der Waals surface area contributed by atoms with E-state index in [1.807, 2.05) is 54.6 Å². The molecule has 0 aliphatic carbocycles. The molecule has 0 aliphatic heterocycles. The fourth-order valence-electron chi connectivity index (χ4n) is 4.60. The van der Waals surface area contributed by atoms with E-state index >= 15 is 0 Å². The van der Waals surface area contributed by atoms with Crippen molar-refractivity contribution in [1.29, 1.82) is 0 Å². The van der Waals surface area contributed by atoms with Crippen LogP contribution in [0.25, 0.3) is 33.1 Å². The molecule has 0 saturated heterocycles. The van der Waals surface area contributed by atoms with Crippen LogP contribution in [0.3, 0.4) is 0 Å². The van der Waals surface area contributed by atoms with Gasteiger partial charge in [-0.2, -0.15) is 0 Å². The number of benzene rings is 3. The Balaban J connectivity index is 1.23. The number of phenolic OH excluding ortho intramolecular Hbond substituents is 1. The summed E-state index contributed by atoms with van der Waals surface area (Å²) in [6, 6.07) is 23.9. The minimum absolute atomic E-state index is 0.0349. The monoisotopic (exact) mass is 522 g/mol. The number of aromatic nitrogens is 2. The first-order valence-corrected chi connectivity index (χ1v) is 13.0. The molecule has 0 unspecified atom stereocenters. The number of phenols is 1. The van der Waals surface area contributed by atoms with Crippen LogP contribution in [0.2, 0.25) is 0 Å². The second kappa shape index (κ2) is 11.7. The van der Waals surface area contributed by atoms with Crippen LogP contribution in [-0.2, 0) is 0 Å². The predicted molar refractivity (Wildman–Crippen MR) is 152 cm³/mol. The molecule has 4 N–H and O–H groups in total. The summed E-state index contributed by atoms with van der Waals surface area (Å²) in [5.74, 6) is 0.184. The van der Waals surface area contributed by atoms with E-state index in [1.54, 1.807) is 25.3 Å². The first-order chi connectivity index (χ1) is 19.0. The van der Waals surface area contributed by atoms with Gasteiger partial charge in [0, 0.05) is 34.9 Å². The average molecular weight is 523 g/mol. The molecule has 8 heteroatoms. The molecule has 0 bridgehead atoms. The van der Waals surface area contributed by atoms with E-state index in [1.165, 1.54) is 6.07 Å².